The Morgan fingerprint density at radius 3 is 2.57 bits per heavy atom. The van der Waals surface area contributed by atoms with Crippen LogP contribution in [-0.2, 0) is 19.1 Å². The van der Waals surface area contributed by atoms with Crippen LogP contribution < -0.4 is 11.5 Å². The Hall–Kier alpha value is -3.02. The lowest BCUT2D eigenvalue weighted by molar-refractivity contribution is -0.153. The highest BCUT2D eigenvalue weighted by Crippen LogP contribution is 2.53. The van der Waals surface area contributed by atoms with Gasteiger partial charge in [-0.15, -0.1) is 12.4 Å². The van der Waals surface area contributed by atoms with Crippen LogP contribution in [0.3, 0.4) is 0 Å². The van der Waals surface area contributed by atoms with Gasteiger partial charge in [0.2, 0.25) is 11.8 Å². The van der Waals surface area contributed by atoms with Crippen molar-refractivity contribution in [1.29, 1.82) is 5.26 Å². The number of halogens is 2. The molecular weight excluding hydrogens is 431 g/mol. The molecule has 3 rings (SSSR count). The lowest BCUT2D eigenvalue weighted by atomic mass is 9.68. The van der Waals surface area contributed by atoms with Crippen LogP contribution in [0.2, 0.25) is 5.02 Å². The van der Waals surface area contributed by atoms with E-state index in [0.29, 0.717) is 10.6 Å². The summed E-state index contributed by atoms with van der Waals surface area (Å²) in [4.78, 5) is 38.7. The van der Waals surface area contributed by atoms with Crippen LogP contribution in [0.5, 0.6) is 0 Å². The topological polar surface area (TPSA) is 140 Å². The van der Waals surface area contributed by atoms with Crippen LogP contribution in [-0.4, -0.2) is 41.4 Å². The fraction of sp³-hybridized carbons (Fsp3) is 0.300. The van der Waals surface area contributed by atoms with Gasteiger partial charge in [0.15, 0.2) is 5.41 Å². The summed E-state index contributed by atoms with van der Waals surface area (Å²) in [6.45, 7) is 1.67. The van der Waals surface area contributed by atoms with E-state index in [9.17, 15) is 19.6 Å². The standard InChI is InChI=1S/C20H19ClN4O4.ClH/c1-2-29-19(28)20(10-22)14-7-6-12(17(23)26)9-25(14)16(18(24)27)15(20)11-4-3-5-13(21)8-11;/h3-9,14-16H,2H2,1H3,(H2,23,26)(H2,24,27);1H/t14-,15-,16+,20-;/m0./s1. The number of rotatable bonds is 5. The molecule has 0 spiro atoms. The Morgan fingerprint density at radius 2 is 2.03 bits per heavy atom. The van der Waals surface area contributed by atoms with Crippen molar-refractivity contribution in [2.75, 3.05) is 6.61 Å². The number of nitrogens with zero attached hydrogens (tertiary/aromatic N) is 2. The Bertz CT molecular complexity index is 987. The second-order valence-corrected chi connectivity index (χ2v) is 7.22. The molecule has 2 aliphatic heterocycles. The van der Waals surface area contributed by atoms with Gasteiger partial charge in [-0.05, 0) is 30.7 Å². The summed E-state index contributed by atoms with van der Waals surface area (Å²) >= 11 is 6.13. The van der Waals surface area contributed by atoms with Crippen molar-refractivity contribution < 1.29 is 19.1 Å². The Kier molecular flexibility index (Phi) is 6.80. The molecule has 158 valence electrons. The zero-order valence-corrected chi connectivity index (χ0v) is 17.5. The highest BCUT2D eigenvalue weighted by atomic mass is 35.5. The van der Waals surface area contributed by atoms with Crippen molar-refractivity contribution in [3.05, 3.63) is 58.8 Å². The minimum Gasteiger partial charge on any atom is -0.465 e. The number of carbonyl (C=O) groups is 3. The average molecular weight is 451 g/mol. The summed E-state index contributed by atoms with van der Waals surface area (Å²) in [5, 5.41) is 10.6. The number of amides is 2. The molecule has 1 saturated heterocycles. The normalized spacial score (nSPS) is 26.6. The molecule has 4 N–H and O–H groups in total. The Balaban J connectivity index is 0.00000320. The number of hydrogen-bond donors (Lipinski definition) is 2. The molecule has 2 aliphatic rings. The number of ether oxygens (including phenoxy) is 1. The van der Waals surface area contributed by atoms with E-state index in [4.69, 9.17) is 27.8 Å². The molecule has 2 heterocycles. The number of carbonyl (C=O) groups excluding carboxylic acids is 3. The van der Waals surface area contributed by atoms with E-state index in [1.54, 1.807) is 31.2 Å². The molecule has 0 saturated carbocycles. The smallest absolute Gasteiger partial charge is 0.329 e. The zero-order chi connectivity index (χ0) is 21.3. The second kappa shape index (κ2) is 8.78. The van der Waals surface area contributed by atoms with Gasteiger partial charge in [0.05, 0.1) is 24.3 Å². The van der Waals surface area contributed by atoms with Gasteiger partial charge in [0.1, 0.15) is 6.04 Å². The van der Waals surface area contributed by atoms with Crippen molar-refractivity contribution in [1.82, 2.24) is 4.90 Å². The molecule has 4 atom stereocenters. The number of nitriles is 1. The molecule has 8 nitrogen and oxygen atoms in total. The highest BCUT2D eigenvalue weighted by Gasteiger charge is 2.66. The lowest BCUT2D eigenvalue weighted by Crippen LogP contribution is -2.45. The first-order valence-corrected chi connectivity index (χ1v) is 9.26. The van der Waals surface area contributed by atoms with E-state index in [0.717, 1.165) is 0 Å². The zero-order valence-electron chi connectivity index (χ0n) is 15.9. The van der Waals surface area contributed by atoms with Gasteiger partial charge >= 0.3 is 5.97 Å². The van der Waals surface area contributed by atoms with Crippen LogP contribution in [0.4, 0.5) is 0 Å². The largest absolute Gasteiger partial charge is 0.465 e. The molecule has 0 bridgehead atoms. The quantitative estimate of drug-likeness (QED) is 0.649. The highest BCUT2D eigenvalue weighted by molar-refractivity contribution is 6.30. The Morgan fingerprint density at radius 1 is 1.33 bits per heavy atom. The molecular formula is C20H20Cl2N4O4. The predicted molar refractivity (Wildman–Crippen MR) is 111 cm³/mol. The van der Waals surface area contributed by atoms with E-state index in [2.05, 4.69) is 6.07 Å². The van der Waals surface area contributed by atoms with Crippen LogP contribution in [0.1, 0.15) is 18.4 Å². The fourth-order valence-corrected chi connectivity index (χ4v) is 4.30. The van der Waals surface area contributed by atoms with Gasteiger partial charge in [0.25, 0.3) is 0 Å². The van der Waals surface area contributed by atoms with Crippen LogP contribution in [0, 0.1) is 16.7 Å². The van der Waals surface area contributed by atoms with Crippen LogP contribution >= 0.6 is 24.0 Å². The molecule has 0 aliphatic carbocycles. The molecule has 2 amide bonds. The number of benzene rings is 1. The van der Waals surface area contributed by atoms with Crippen molar-refractivity contribution >= 4 is 41.8 Å². The van der Waals surface area contributed by atoms with Gasteiger partial charge in [-0.3, -0.25) is 14.4 Å². The number of hydrogen-bond acceptors (Lipinski definition) is 6. The maximum atomic E-state index is 13.1. The van der Waals surface area contributed by atoms with Crippen molar-refractivity contribution in [3.8, 4) is 6.07 Å². The molecule has 10 heteroatoms. The average Bonchev–Trinajstić information content (AvgIpc) is 2.99. The van der Waals surface area contributed by atoms with Crippen molar-refractivity contribution in [2.45, 2.75) is 24.9 Å². The molecule has 0 unspecified atom stereocenters. The molecule has 1 fully saturated rings. The third-order valence-electron chi connectivity index (χ3n) is 5.24. The summed E-state index contributed by atoms with van der Waals surface area (Å²) in [7, 11) is 0. The third-order valence-corrected chi connectivity index (χ3v) is 5.48. The van der Waals surface area contributed by atoms with E-state index in [-0.39, 0.29) is 24.6 Å². The van der Waals surface area contributed by atoms with Gasteiger partial charge in [-0.1, -0.05) is 29.8 Å². The number of fused-ring (bicyclic) bond motifs is 1. The number of primary amides is 2. The summed E-state index contributed by atoms with van der Waals surface area (Å²) in [6.07, 6.45) is 4.28. The minimum atomic E-state index is -1.80. The maximum absolute atomic E-state index is 13.1. The van der Waals surface area contributed by atoms with Gasteiger partial charge < -0.3 is 21.1 Å². The van der Waals surface area contributed by atoms with Crippen LogP contribution in [0.25, 0.3) is 0 Å². The molecule has 1 aromatic rings. The third kappa shape index (κ3) is 3.51. The summed E-state index contributed by atoms with van der Waals surface area (Å²) in [6, 6.07) is 6.62. The van der Waals surface area contributed by atoms with Crippen LogP contribution in [0.15, 0.2) is 48.2 Å². The number of esters is 1. The van der Waals surface area contributed by atoms with E-state index < -0.39 is 41.2 Å². The SMILES string of the molecule is CCOC(=O)[C@@]1(C#N)[C@@H]2C=CC(C(N)=O)=CN2[C@@H](C(N)=O)[C@@H]1c1cccc(Cl)c1.Cl. The Labute approximate surface area is 184 Å². The predicted octanol–water partition coefficient (Wildman–Crippen LogP) is 1.40. The minimum absolute atomic E-state index is 0. The van der Waals surface area contributed by atoms with Gasteiger partial charge in [-0.2, -0.15) is 5.26 Å². The maximum Gasteiger partial charge on any atom is 0.329 e. The first kappa shape index (κ1) is 23.3. The molecule has 1 aromatic carbocycles. The van der Waals surface area contributed by atoms with Crippen molar-refractivity contribution in [2.24, 2.45) is 16.9 Å². The monoisotopic (exact) mass is 450 g/mol. The van der Waals surface area contributed by atoms with E-state index in [1.165, 1.54) is 23.3 Å². The first-order valence-electron chi connectivity index (χ1n) is 8.88. The molecule has 0 aromatic heterocycles. The van der Waals surface area contributed by atoms with E-state index in [1.807, 2.05) is 0 Å². The summed E-state index contributed by atoms with van der Waals surface area (Å²) < 4.78 is 5.23. The lowest BCUT2D eigenvalue weighted by Gasteiger charge is -2.32. The van der Waals surface area contributed by atoms with E-state index >= 15 is 0 Å². The van der Waals surface area contributed by atoms with Crippen molar-refractivity contribution in [3.63, 3.8) is 0 Å². The second-order valence-electron chi connectivity index (χ2n) is 6.78. The molecule has 30 heavy (non-hydrogen) atoms. The van der Waals surface area contributed by atoms with Gasteiger partial charge in [0, 0.05) is 17.1 Å². The first-order chi connectivity index (χ1) is 13.8. The molecule has 0 radical (unpaired) electrons. The van der Waals surface area contributed by atoms with Gasteiger partial charge in [-0.25, -0.2) is 0 Å². The fourth-order valence-electron chi connectivity index (χ4n) is 4.11. The summed E-state index contributed by atoms with van der Waals surface area (Å²) in [5.74, 6) is -3.25. The summed E-state index contributed by atoms with van der Waals surface area (Å²) in [5.41, 5.74) is 9.87. The number of nitrogens with two attached hydrogens (primary N) is 2.